The van der Waals surface area contributed by atoms with Crippen molar-refractivity contribution in [1.29, 1.82) is 0 Å². The van der Waals surface area contributed by atoms with Crippen LogP contribution in [0.3, 0.4) is 0 Å². The van der Waals surface area contributed by atoms with Gasteiger partial charge in [0.15, 0.2) is 0 Å². The monoisotopic (exact) mass is 358 g/mol. The van der Waals surface area contributed by atoms with Gasteiger partial charge in [0.1, 0.15) is 0 Å². The van der Waals surface area contributed by atoms with Gasteiger partial charge in [-0.1, -0.05) is 81.6 Å². The highest BCUT2D eigenvalue weighted by molar-refractivity contribution is 5.93. The summed E-state index contributed by atoms with van der Waals surface area (Å²) in [7, 11) is 0. The predicted octanol–water partition coefficient (Wildman–Crippen LogP) is 8.54. The van der Waals surface area contributed by atoms with Gasteiger partial charge in [-0.25, -0.2) is 0 Å². The lowest BCUT2D eigenvalue weighted by molar-refractivity contribution is 1.33. The Kier molecular flexibility index (Phi) is 7.79. The van der Waals surface area contributed by atoms with Crippen LogP contribution in [0.5, 0.6) is 0 Å². The maximum absolute atomic E-state index is 2.34. The largest absolute Gasteiger partial charge is 0.0776 e. The van der Waals surface area contributed by atoms with E-state index in [1.54, 1.807) is 0 Å². The number of hydrogen-bond acceptors (Lipinski definition) is 0. The second-order valence-corrected chi connectivity index (χ2v) is 6.96. The third kappa shape index (κ3) is 4.77. The van der Waals surface area contributed by atoms with Gasteiger partial charge in [0.2, 0.25) is 0 Å². The Morgan fingerprint density at radius 1 is 0.704 bits per heavy atom. The molecule has 0 aliphatic rings. The van der Waals surface area contributed by atoms with Crippen LogP contribution < -0.4 is 0 Å². The molecule has 3 aromatic rings. The van der Waals surface area contributed by atoms with Crippen molar-refractivity contribution < 1.29 is 0 Å². The number of aryl methyl sites for hydroxylation is 2. The van der Waals surface area contributed by atoms with E-state index in [9.17, 15) is 0 Å². The van der Waals surface area contributed by atoms with Gasteiger partial charge in [-0.05, 0) is 84.4 Å². The number of fused-ring (bicyclic) bond motifs is 1. The smallest absolute Gasteiger partial charge is 0.0108 e. The van der Waals surface area contributed by atoms with E-state index in [0.717, 1.165) is 0 Å². The minimum atomic E-state index is 0. The zero-order valence-corrected chi connectivity index (χ0v) is 15.9. The molecule has 0 bridgehead atoms. The van der Waals surface area contributed by atoms with Crippen LogP contribution in [-0.4, -0.2) is 0 Å². The molecule has 0 aromatic heterocycles. The van der Waals surface area contributed by atoms with E-state index >= 15 is 0 Å². The van der Waals surface area contributed by atoms with E-state index < -0.39 is 0 Å². The topological polar surface area (TPSA) is 0 Å². The minimum absolute atomic E-state index is 0. The summed E-state index contributed by atoms with van der Waals surface area (Å²) < 4.78 is 0. The van der Waals surface area contributed by atoms with Gasteiger partial charge in [-0.15, -0.1) is 0 Å². The van der Waals surface area contributed by atoms with Crippen LogP contribution in [0.1, 0.15) is 56.5 Å². The fraction of sp³-hybridized carbons (Fsp3) is 0.259. The maximum atomic E-state index is 2.34. The normalized spacial score (nSPS) is 11.7. The average molecular weight is 359 g/mol. The van der Waals surface area contributed by atoms with Gasteiger partial charge in [-0.2, -0.15) is 0 Å². The molecule has 0 atom stereocenters. The molecule has 0 radical (unpaired) electrons. The van der Waals surface area contributed by atoms with Gasteiger partial charge in [0.25, 0.3) is 0 Å². The summed E-state index contributed by atoms with van der Waals surface area (Å²) in [5.74, 6) is 0. The van der Waals surface area contributed by atoms with Crippen LogP contribution in [0.25, 0.3) is 22.9 Å². The molecule has 0 nitrogen and oxygen atoms in total. The number of benzene rings is 3. The van der Waals surface area contributed by atoms with E-state index in [1.807, 2.05) is 0 Å². The first-order valence-electron chi connectivity index (χ1n) is 8.89. The molecule has 0 amide bonds. The Labute approximate surface area is 166 Å². The minimum Gasteiger partial charge on any atom is -0.0776 e. The van der Waals surface area contributed by atoms with E-state index in [1.165, 1.54) is 49.7 Å². The summed E-state index contributed by atoms with van der Waals surface area (Å²) in [5, 5.41) is 2.64. The summed E-state index contributed by atoms with van der Waals surface area (Å²) in [6.07, 6.45) is 4.63. The van der Waals surface area contributed by atoms with Gasteiger partial charge in [0.05, 0.1) is 0 Å². The second kappa shape index (κ2) is 9.37. The molecular weight excluding hydrogens is 324 g/mol. The SMILES string of the molecule is C.C.CC(=C/c1ccccc1C)/C(C)=C/c1c(C)c(C)cc2ccccc12. The Morgan fingerprint density at radius 2 is 1.30 bits per heavy atom. The van der Waals surface area contributed by atoms with E-state index in [0.29, 0.717) is 0 Å². The molecule has 0 heteroatoms. The first-order chi connectivity index (χ1) is 12.0. The van der Waals surface area contributed by atoms with Crippen molar-refractivity contribution in [2.45, 2.75) is 49.5 Å². The molecule has 0 spiro atoms. The Balaban J connectivity index is 0.00000182. The average Bonchev–Trinajstić information content (AvgIpc) is 2.60. The lowest BCUT2D eigenvalue weighted by atomic mass is 9.93. The van der Waals surface area contributed by atoms with E-state index in [-0.39, 0.29) is 14.9 Å². The molecule has 0 unspecified atom stereocenters. The number of hydrogen-bond donors (Lipinski definition) is 0. The Morgan fingerprint density at radius 3 is 2.00 bits per heavy atom. The lowest BCUT2D eigenvalue weighted by Crippen LogP contribution is -1.91. The summed E-state index contributed by atoms with van der Waals surface area (Å²) in [4.78, 5) is 0. The zero-order chi connectivity index (χ0) is 18.0. The Bertz CT molecular complexity index is 984. The molecule has 142 valence electrons. The molecule has 0 N–H and O–H groups in total. The van der Waals surface area contributed by atoms with Crippen molar-refractivity contribution >= 4 is 22.9 Å². The van der Waals surface area contributed by atoms with Crippen LogP contribution in [0.4, 0.5) is 0 Å². The summed E-state index contributed by atoms with van der Waals surface area (Å²) in [6, 6.07) is 19.5. The molecule has 0 saturated heterocycles. The maximum Gasteiger partial charge on any atom is -0.0108 e. The quantitative estimate of drug-likeness (QED) is 0.411. The van der Waals surface area contributed by atoms with Crippen molar-refractivity contribution in [2.24, 2.45) is 0 Å². The highest BCUT2D eigenvalue weighted by Crippen LogP contribution is 2.29. The fourth-order valence-electron chi connectivity index (χ4n) is 3.24. The molecular formula is C27H34. The third-order valence-electron chi connectivity index (χ3n) is 5.16. The highest BCUT2D eigenvalue weighted by Gasteiger charge is 2.07. The van der Waals surface area contributed by atoms with Crippen molar-refractivity contribution in [1.82, 2.24) is 0 Å². The second-order valence-electron chi connectivity index (χ2n) is 6.96. The molecule has 0 heterocycles. The molecule has 3 rings (SSSR count). The number of rotatable bonds is 3. The van der Waals surface area contributed by atoms with Gasteiger partial charge in [0, 0.05) is 0 Å². The van der Waals surface area contributed by atoms with Crippen LogP contribution in [-0.2, 0) is 0 Å². The van der Waals surface area contributed by atoms with Crippen LogP contribution >= 0.6 is 0 Å². The highest BCUT2D eigenvalue weighted by atomic mass is 14.1. The molecule has 0 fully saturated rings. The van der Waals surface area contributed by atoms with Gasteiger partial charge >= 0.3 is 0 Å². The molecule has 0 aliphatic heterocycles. The molecule has 3 aromatic carbocycles. The molecule has 0 saturated carbocycles. The van der Waals surface area contributed by atoms with Gasteiger partial charge in [-0.3, -0.25) is 0 Å². The van der Waals surface area contributed by atoms with Crippen LogP contribution in [0.2, 0.25) is 0 Å². The van der Waals surface area contributed by atoms with Crippen molar-refractivity contribution in [3.63, 3.8) is 0 Å². The van der Waals surface area contributed by atoms with Crippen LogP contribution in [0.15, 0.2) is 65.7 Å². The predicted molar refractivity (Wildman–Crippen MR) is 125 cm³/mol. The van der Waals surface area contributed by atoms with E-state index in [4.69, 9.17) is 0 Å². The first kappa shape index (κ1) is 22.4. The van der Waals surface area contributed by atoms with Crippen LogP contribution in [0, 0.1) is 20.8 Å². The first-order valence-corrected chi connectivity index (χ1v) is 8.89. The Hall–Kier alpha value is -2.60. The number of allylic oxidation sites excluding steroid dienone is 2. The summed E-state index contributed by atoms with van der Waals surface area (Å²) in [6.45, 7) is 11.0. The van der Waals surface area contributed by atoms with Crippen molar-refractivity contribution in [2.75, 3.05) is 0 Å². The summed E-state index contributed by atoms with van der Waals surface area (Å²) >= 11 is 0. The van der Waals surface area contributed by atoms with Crippen molar-refractivity contribution in [3.8, 4) is 0 Å². The van der Waals surface area contributed by atoms with E-state index in [2.05, 4.69) is 101 Å². The summed E-state index contributed by atoms with van der Waals surface area (Å²) in [5.41, 5.74) is 9.26. The van der Waals surface area contributed by atoms with Crippen molar-refractivity contribution in [3.05, 3.63) is 93.6 Å². The lowest BCUT2D eigenvalue weighted by Gasteiger charge is -2.12. The molecule has 27 heavy (non-hydrogen) atoms. The zero-order valence-electron chi connectivity index (χ0n) is 15.9. The van der Waals surface area contributed by atoms with Gasteiger partial charge < -0.3 is 0 Å². The molecule has 0 aliphatic carbocycles. The fourth-order valence-corrected chi connectivity index (χ4v) is 3.24. The third-order valence-corrected chi connectivity index (χ3v) is 5.16. The standard InChI is InChI=1S/C25H26.2CH4/c1-17-10-6-7-11-22(17)14-18(2)19(3)16-25-21(5)20(4)15-23-12-8-9-13-24(23)25;;/h6-16H,1-5H3;2*1H4/b18-14-,19-16+;;.